The Balaban J connectivity index is 2.45. The van der Waals surface area contributed by atoms with E-state index in [2.05, 4.69) is 4.74 Å². The van der Waals surface area contributed by atoms with E-state index in [1.54, 1.807) is 6.08 Å². The van der Waals surface area contributed by atoms with E-state index in [1.807, 2.05) is 54.6 Å². The Hall–Kier alpha value is -1.80. The Morgan fingerprint density at radius 2 is 2.05 bits per heavy atom. The number of ether oxygens (including phenoxy) is 1. The number of alkyl halides is 1. The molecule has 1 aromatic carbocycles. The van der Waals surface area contributed by atoms with E-state index in [1.165, 1.54) is 13.2 Å². The van der Waals surface area contributed by atoms with Gasteiger partial charge in [-0.2, -0.15) is 0 Å². The van der Waals surface area contributed by atoms with Gasteiger partial charge in [-0.3, -0.25) is 0 Å². The van der Waals surface area contributed by atoms with Crippen molar-refractivity contribution in [1.82, 2.24) is 0 Å². The van der Waals surface area contributed by atoms with Crippen LogP contribution in [0, 0.1) is 0 Å². The van der Waals surface area contributed by atoms with Crippen molar-refractivity contribution in [3.8, 4) is 0 Å². The zero-order valence-electron chi connectivity index (χ0n) is 10.6. The first kappa shape index (κ1) is 13.6. The fraction of sp³-hybridized carbons (Fsp3) is 0.188. The number of rotatable bonds is 3. The molecule has 0 heterocycles. The summed E-state index contributed by atoms with van der Waals surface area (Å²) in [5, 5.41) is -0.249. The average molecular weight is 275 g/mol. The van der Waals surface area contributed by atoms with Crippen molar-refractivity contribution in [1.29, 1.82) is 0 Å². The SMILES string of the molecule is COC(=O)/C=C/C1(c2ccccc2)C=CC=CC1Cl. The zero-order chi connectivity index (χ0) is 13.7. The molecule has 2 unspecified atom stereocenters. The van der Waals surface area contributed by atoms with Gasteiger partial charge in [-0.05, 0) is 5.56 Å². The lowest BCUT2D eigenvalue weighted by molar-refractivity contribution is -0.134. The maximum atomic E-state index is 11.3. The number of carbonyl (C=O) groups is 1. The largest absolute Gasteiger partial charge is 0.466 e. The van der Waals surface area contributed by atoms with Gasteiger partial charge in [0.05, 0.1) is 17.9 Å². The molecule has 0 aliphatic heterocycles. The topological polar surface area (TPSA) is 26.3 Å². The highest BCUT2D eigenvalue weighted by Crippen LogP contribution is 2.37. The normalized spacial score (nSPS) is 25.7. The van der Waals surface area contributed by atoms with Crippen LogP contribution >= 0.6 is 11.6 Å². The fourth-order valence-corrected chi connectivity index (χ4v) is 2.48. The molecule has 3 heteroatoms. The molecule has 0 fully saturated rings. The van der Waals surface area contributed by atoms with E-state index in [-0.39, 0.29) is 11.3 Å². The summed E-state index contributed by atoms with van der Waals surface area (Å²) >= 11 is 6.46. The van der Waals surface area contributed by atoms with Crippen LogP contribution in [-0.4, -0.2) is 18.5 Å². The van der Waals surface area contributed by atoms with Gasteiger partial charge >= 0.3 is 5.97 Å². The molecule has 0 saturated heterocycles. The van der Waals surface area contributed by atoms with Gasteiger partial charge in [-0.15, -0.1) is 11.6 Å². The number of halogens is 1. The number of esters is 1. The lowest BCUT2D eigenvalue weighted by Crippen LogP contribution is -2.32. The highest BCUT2D eigenvalue weighted by Gasteiger charge is 2.34. The predicted molar refractivity (Wildman–Crippen MR) is 77.2 cm³/mol. The second-order valence-electron chi connectivity index (χ2n) is 4.30. The maximum Gasteiger partial charge on any atom is 0.330 e. The molecule has 0 aromatic heterocycles. The molecule has 0 N–H and O–H groups in total. The number of methoxy groups -OCH3 is 1. The number of hydrogen-bond acceptors (Lipinski definition) is 2. The number of carbonyl (C=O) groups excluding carboxylic acids is 1. The lowest BCUT2D eigenvalue weighted by Gasteiger charge is -2.33. The third-order valence-electron chi connectivity index (χ3n) is 3.19. The fourth-order valence-electron chi connectivity index (χ4n) is 2.13. The van der Waals surface area contributed by atoms with Gasteiger partial charge in [0.1, 0.15) is 0 Å². The zero-order valence-corrected chi connectivity index (χ0v) is 11.4. The molecule has 19 heavy (non-hydrogen) atoms. The summed E-state index contributed by atoms with van der Waals surface area (Å²) in [6.07, 6.45) is 11.0. The standard InChI is InChI=1S/C16H15ClO2/c1-19-15(18)10-12-16(11-6-5-9-14(16)17)13-7-3-2-4-8-13/h2-12,14H,1H3/b12-10+. The van der Waals surface area contributed by atoms with Crippen molar-refractivity contribution in [2.45, 2.75) is 10.8 Å². The first-order chi connectivity index (χ1) is 9.19. The van der Waals surface area contributed by atoms with Gasteiger partial charge in [-0.25, -0.2) is 4.79 Å². The van der Waals surface area contributed by atoms with Gasteiger partial charge in [0, 0.05) is 6.08 Å². The maximum absolute atomic E-state index is 11.3. The van der Waals surface area contributed by atoms with E-state index in [9.17, 15) is 4.79 Å². The monoisotopic (exact) mass is 274 g/mol. The summed E-state index contributed by atoms with van der Waals surface area (Å²) in [5.74, 6) is -0.387. The smallest absolute Gasteiger partial charge is 0.330 e. The highest BCUT2D eigenvalue weighted by molar-refractivity contribution is 6.23. The van der Waals surface area contributed by atoms with Crippen LogP contribution in [0.2, 0.25) is 0 Å². The number of benzene rings is 1. The molecule has 0 saturated carbocycles. The van der Waals surface area contributed by atoms with E-state index < -0.39 is 5.41 Å². The minimum absolute atomic E-state index is 0.249. The summed E-state index contributed by atoms with van der Waals surface area (Å²) in [6, 6.07) is 9.87. The Morgan fingerprint density at radius 3 is 2.68 bits per heavy atom. The summed E-state index contributed by atoms with van der Waals surface area (Å²) < 4.78 is 4.65. The quantitative estimate of drug-likeness (QED) is 0.480. The number of allylic oxidation sites excluding steroid dienone is 5. The van der Waals surface area contributed by atoms with Gasteiger partial charge in [0.2, 0.25) is 0 Å². The van der Waals surface area contributed by atoms with Gasteiger partial charge < -0.3 is 4.74 Å². The van der Waals surface area contributed by atoms with Crippen LogP contribution in [0.4, 0.5) is 0 Å². The average Bonchev–Trinajstić information content (AvgIpc) is 2.47. The van der Waals surface area contributed by atoms with Gasteiger partial charge in [0.25, 0.3) is 0 Å². The van der Waals surface area contributed by atoms with Crippen molar-refractivity contribution >= 4 is 17.6 Å². The van der Waals surface area contributed by atoms with Crippen molar-refractivity contribution in [3.05, 3.63) is 72.4 Å². The Bertz CT molecular complexity index is 531. The highest BCUT2D eigenvalue weighted by atomic mass is 35.5. The van der Waals surface area contributed by atoms with E-state index in [0.717, 1.165) is 5.56 Å². The molecular formula is C16H15ClO2. The molecule has 2 nitrogen and oxygen atoms in total. The molecule has 0 bridgehead atoms. The molecule has 98 valence electrons. The second-order valence-corrected chi connectivity index (χ2v) is 4.77. The molecule has 1 aliphatic rings. The van der Waals surface area contributed by atoms with Crippen LogP contribution in [0.25, 0.3) is 0 Å². The molecular weight excluding hydrogens is 260 g/mol. The summed E-state index contributed by atoms with van der Waals surface area (Å²) in [5.41, 5.74) is 0.516. The molecule has 2 atom stereocenters. The molecule has 1 aromatic rings. The van der Waals surface area contributed by atoms with Crippen LogP contribution in [0.15, 0.2) is 66.8 Å². The van der Waals surface area contributed by atoms with Crippen LogP contribution in [0.1, 0.15) is 5.56 Å². The molecule has 2 rings (SSSR count). The molecule has 0 amide bonds. The number of hydrogen-bond donors (Lipinski definition) is 0. The van der Waals surface area contributed by atoms with Crippen LogP contribution in [-0.2, 0) is 14.9 Å². The Morgan fingerprint density at radius 1 is 1.32 bits per heavy atom. The van der Waals surface area contributed by atoms with Crippen molar-refractivity contribution in [2.24, 2.45) is 0 Å². The second kappa shape index (κ2) is 5.89. The van der Waals surface area contributed by atoms with Crippen molar-refractivity contribution in [3.63, 3.8) is 0 Å². The van der Waals surface area contributed by atoms with Crippen LogP contribution < -0.4 is 0 Å². The molecule has 0 radical (unpaired) electrons. The minimum Gasteiger partial charge on any atom is -0.466 e. The van der Waals surface area contributed by atoms with E-state index >= 15 is 0 Å². The van der Waals surface area contributed by atoms with Crippen molar-refractivity contribution < 1.29 is 9.53 Å². The summed E-state index contributed by atoms with van der Waals surface area (Å²) in [6.45, 7) is 0. The van der Waals surface area contributed by atoms with E-state index in [0.29, 0.717) is 0 Å². The predicted octanol–water partition coefficient (Wildman–Crippen LogP) is 3.39. The first-order valence-electron chi connectivity index (χ1n) is 6.02. The Kier molecular flexibility index (Phi) is 4.23. The third kappa shape index (κ3) is 2.79. The van der Waals surface area contributed by atoms with Gasteiger partial charge in [-0.1, -0.05) is 60.7 Å². The Labute approximate surface area is 118 Å². The van der Waals surface area contributed by atoms with Crippen LogP contribution in [0.3, 0.4) is 0 Å². The van der Waals surface area contributed by atoms with E-state index in [4.69, 9.17) is 11.6 Å². The summed E-state index contributed by atoms with van der Waals surface area (Å²) in [7, 11) is 1.36. The van der Waals surface area contributed by atoms with Crippen LogP contribution in [0.5, 0.6) is 0 Å². The minimum atomic E-state index is -0.522. The third-order valence-corrected chi connectivity index (χ3v) is 3.70. The molecule has 0 spiro atoms. The first-order valence-corrected chi connectivity index (χ1v) is 6.45. The van der Waals surface area contributed by atoms with Crippen molar-refractivity contribution in [2.75, 3.05) is 7.11 Å². The molecule has 1 aliphatic carbocycles. The summed E-state index contributed by atoms with van der Waals surface area (Å²) in [4.78, 5) is 11.3. The van der Waals surface area contributed by atoms with Gasteiger partial charge in [0.15, 0.2) is 0 Å². The lowest BCUT2D eigenvalue weighted by atomic mass is 9.75.